The van der Waals surface area contributed by atoms with Gasteiger partial charge in [-0.2, -0.15) is 0 Å². The molecule has 5 nitrogen and oxygen atoms in total. The number of hydrogen-bond acceptors (Lipinski definition) is 2. The second-order valence-electron chi connectivity index (χ2n) is 5.42. The van der Waals surface area contributed by atoms with Gasteiger partial charge in [-0.3, -0.25) is 9.59 Å². The predicted molar refractivity (Wildman–Crippen MR) is 74.5 cm³/mol. The molecule has 1 aliphatic heterocycles. The Hall–Kier alpha value is -1.43. The van der Waals surface area contributed by atoms with Gasteiger partial charge in [0.2, 0.25) is 11.8 Å². The first-order valence-electron chi connectivity index (χ1n) is 7.09. The monoisotopic (exact) mass is 355 g/mol. The highest BCUT2D eigenvalue weighted by Crippen LogP contribution is 2.17. The van der Waals surface area contributed by atoms with Crippen LogP contribution in [0, 0.1) is 12.8 Å². The van der Waals surface area contributed by atoms with E-state index in [9.17, 15) is 9.59 Å². The summed E-state index contributed by atoms with van der Waals surface area (Å²) in [5.74, 6) is -0.154. The number of pyridine rings is 1. The quantitative estimate of drug-likeness (QED) is 0.602. The van der Waals surface area contributed by atoms with Crippen molar-refractivity contribution >= 4 is 11.8 Å². The maximum atomic E-state index is 12.1. The first kappa shape index (κ1) is 17.6. The smallest absolute Gasteiger partial charge is 0.228 e. The van der Waals surface area contributed by atoms with Crippen molar-refractivity contribution in [3.8, 4) is 0 Å². The summed E-state index contributed by atoms with van der Waals surface area (Å²) in [5, 5.41) is 0. The fourth-order valence-corrected chi connectivity index (χ4v) is 2.48. The molecular formula is C15H22BrN3O2. The number of likely N-dealkylation sites (tertiary alicyclic amines) is 1. The topological polar surface area (TPSA) is 67.3 Å². The summed E-state index contributed by atoms with van der Waals surface area (Å²) in [4.78, 5) is 25.0. The molecule has 1 aromatic heterocycles. The fraction of sp³-hybridized carbons (Fsp3) is 0.533. The summed E-state index contributed by atoms with van der Waals surface area (Å²) < 4.78 is 2.01. The Bertz CT molecular complexity index is 482. The van der Waals surface area contributed by atoms with Crippen LogP contribution in [0.15, 0.2) is 24.5 Å². The van der Waals surface area contributed by atoms with Crippen LogP contribution < -0.4 is 27.3 Å². The van der Waals surface area contributed by atoms with Crippen LogP contribution in [-0.4, -0.2) is 29.8 Å². The van der Waals surface area contributed by atoms with E-state index < -0.39 is 0 Å². The number of nitrogens with two attached hydrogens (primary N) is 1. The van der Waals surface area contributed by atoms with Crippen LogP contribution in [0.2, 0.25) is 0 Å². The van der Waals surface area contributed by atoms with Gasteiger partial charge in [0.25, 0.3) is 0 Å². The Balaban J connectivity index is 0.00000220. The summed E-state index contributed by atoms with van der Waals surface area (Å²) >= 11 is 0. The number of halogens is 1. The second kappa shape index (κ2) is 8.12. The number of rotatable bonds is 4. The molecule has 0 aromatic carbocycles. The molecule has 1 fully saturated rings. The summed E-state index contributed by atoms with van der Waals surface area (Å²) in [7, 11) is 0. The van der Waals surface area contributed by atoms with Crippen LogP contribution in [0.1, 0.15) is 24.8 Å². The minimum Gasteiger partial charge on any atom is -1.00 e. The molecule has 1 saturated heterocycles. The highest BCUT2D eigenvalue weighted by atomic mass is 79.9. The lowest BCUT2D eigenvalue weighted by Gasteiger charge is -2.30. The number of carbonyl (C=O) groups excluding carboxylic acids is 2. The zero-order valence-corrected chi connectivity index (χ0v) is 13.9. The molecular weight excluding hydrogens is 334 g/mol. The van der Waals surface area contributed by atoms with Gasteiger partial charge >= 0.3 is 0 Å². The van der Waals surface area contributed by atoms with Gasteiger partial charge in [0, 0.05) is 31.1 Å². The van der Waals surface area contributed by atoms with Crippen molar-refractivity contribution in [1.29, 1.82) is 0 Å². The molecule has 0 bridgehead atoms. The number of nitrogens with zero attached hydrogens (tertiary/aromatic N) is 2. The Morgan fingerprint density at radius 1 is 1.29 bits per heavy atom. The Morgan fingerprint density at radius 3 is 2.38 bits per heavy atom. The van der Waals surface area contributed by atoms with Gasteiger partial charge in [-0.05, 0) is 25.3 Å². The average Bonchev–Trinajstić information content (AvgIpc) is 2.46. The minimum absolute atomic E-state index is 0. The summed E-state index contributed by atoms with van der Waals surface area (Å²) in [5.41, 5.74) is 6.50. The number of carbonyl (C=O) groups is 2. The van der Waals surface area contributed by atoms with Crippen LogP contribution >= 0.6 is 0 Å². The molecule has 1 aliphatic rings. The molecule has 2 N–H and O–H groups in total. The standard InChI is InChI=1S/C15H21N3O2.BrH/c1-12-2-7-17(8-3-12)9-6-14(19)18-10-4-13(5-11-18)15(16)20;/h2-3,7-8,13H,4-6,9-11H2,1H3,(H-,16,20);1H. The third-order valence-electron chi connectivity index (χ3n) is 3.89. The highest BCUT2D eigenvalue weighted by Gasteiger charge is 2.25. The summed E-state index contributed by atoms with van der Waals surface area (Å²) in [6, 6.07) is 4.06. The molecule has 0 aliphatic carbocycles. The molecule has 2 amide bonds. The molecule has 116 valence electrons. The van der Waals surface area contributed by atoms with E-state index in [2.05, 4.69) is 0 Å². The molecule has 21 heavy (non-hydrogen) atoms. The van der Waals surface area contributed by atoms with E-state index in [0.717, 1.165) is 0 Å². The van der Waals surface area contributed by atoms with Gasteiger partial charge in [-0.25, -0.2) is 4.57 Å². The molecule has 0 atom stereocenters. The third kappa shape index (κ3) is 5.12. The van der Waals surface area contributed by atoms with Gasteiger partial charge in [-0.1, -0.05) is 0 Å². The van der Waals surface area contributed by atoms with Gasteiger partial charge in [0.1, 0.15) is 0 Å². The van der Waals surface area contributed by atoms with Gasteiger partial charge < -0.3 is 27.6 Å². The number of primary amides is 1. The Labute approximate surface area is 135 Å². The van der Waals surface area contributed by atoms with E-state index in [1.165, 1.54) is 5.56 Å². The Morgan fingerprint density at radius 2 is 1.86 bits per heavy atom. The molecule has 1 aromatic rings. The predicted octanol–water partition coefficient (Wildman–Crippen LogP) is -2.60. The van der Waals surface area contributed by atoms with Gasteiger partial charge in [-0.15, -0.1) is 0 Å². The average molecular weight is 356 g/mol. The molecule has 2 heterocycles. The van der Waals surface area contributed by atoms with Crippen LogP contribution in [0.5, 0.6) is 0 Å². The van der Waals surface area contributed by atoms with Crippen molar-refractivity contribution in [2.45, 2.75) is 32.7 Å². The van der Waals surface area contributed by atoms with E-state index >= 15 is 0 Å². The number of aryl methyl sites for hydroxylation is 2. The summed E-state index contributed by atoms with van der Waals surface area (Å²) in [6.45, 7) is 4.02. The van der Waals surface area contributed by atoms with Crippen LogP contribution in [0.4, 0.5) is 0 Å². The van der Waals surface area contributed by atoms with Crippen molar-refractivity contribution in [1.82, 2.24) is 4.90 Å². The molecule has 0 spiro atoms. The number of amides is 2. The van der Waals surface area contributed by atoms with Gasteiger partial charge in [0.15, 0.2) is 18.9 Å². The van der Waals surface area contributed by atoms with Crippen molar-refractivity contribution in [3.63, 3.8) is 0 Å². The SMILES string of the molecule is Cc1cc[n+](CCC(=O)N2CCC(C(N)=O)CC2)cc1.[Br-]. The van der Waals surface area contributed by atoms with Crippen LogP contribution in [0.3, 0.4) is 0 Å². The zero-order chi connectivity index (χ0) is 14.5. The largest absolute Gasteiger partial charge is 1.00 e. The van der Waals surface area contributed by atoms with Crippen LogP contribution in [-0.2, 0) is 16.1 Å². The molecule has 0 unspecified atom stereocenters. The van der Waals surface area contributed by atoms with Crippen molar-refractivity contribution in [2.75, 3.05) is 13.1 Å². The first-order chi connectivity index (χ1) is 9.56. The fourth-order valence-electron chi connectivity index (χ4n) is 2.48. The normalized spacial score (nSPS) is 15.4. The van der Waals surface area contributed by atoms with E-state index in [0.29, 0.717) is 38.9 Å². The van der Waals surface area contributed by atoms with Gasteiger partial charge in [0.05, 0.1) is 6.42 Å². The van der Waals surface area contributed by atoms with Crippen molar-refractivity contribution in [2.24, 2.45) is 11.7 Å². The summed E-state index contributed by atoms with van der Waals surface area (Å²) in [6.07, 6.45) is 5.86. The van der Waals surface area contributed by atoms with E-state index in [1.54, 1.807) is 0 Å². The van der Waals surface area contributed by atoms with Crippen LogP contribution in [0.25, 0.3) is 0 Å². The van der Waals surface area contributed by atoms with Crippen molar-refractivity contribution < 1.29 is 31.1 Å². The number of piperidine rings is 1. The molecule has 0 radical (unpaired) electrons. The van der Waals surface area contributed by atoms with E-state index in [4.69, 9.17) is 5.73 Å². The lowest BCUT2D eigenvalue weighted by Crippen LogP contribution is -3.00. The molecule has 0 saturated carbocycles. The lowest BCUT2D eigenvalue weighted by atomic mass is 9.96. The minimum atomic E-state index is -0.243. The number of aromatic nitrogens is 1. The number of hydrogen-bond donors (Lipinski definition) is 1. The van der Waals surface area contributed by atoms with E-state index in [1.807, 2.05) is 40.9 Å². The molecule has 2 rings (SSSR count). The maximum Gasteiger partial charge on any atom is 0.228 e. The molecule has 6 heteroatoms. The first-order valence-corrected chi connectivity index (χ1v) is 7.09. The second-order valence-corrected chi connectivity index (χ2v) is 5.42. The van der Waals surface area contributed by atoms with E-state index in [-0.39, 0.29) is 34.7 Å². The maximum absolute atomic E-state index is 12.1. The van der Waals surface area contributed by atoms with Crippen molar-refractivity contribution in [3.05, 3.63) is 30.1 Å². The lowest BCUT2D eigenvalue weighted by molar-refractivity contribution is -0.696. The highest BCUT2D eigenvalue weighted by molar-refractivity contribution is 5.78. The third-order valence-corrected chi connectivity index (χ3v) is 3.89. The zero-order valence-electron chi connectivity index (χ0n) is 12.3. The Kier molecular flexibility index (Phi) is 6.81.